The summed E-state index contributed by atoms with van der Waals surface area (Å²) in [5.74, 6) is -73.1. The zero-order chi connectivity index (χ0) is 35.3. The highest BCUT2D eigenvalue weighted by atomic mass is 19.4. The number of hydrogen-bond acceptors (Lipinski definition) is 4. The number of amides is 1. The van der Waals surface area contributed by atoms with E-state index in [0.717, 1.165) is 12.2 Å². The number of carbonyl (C=O) groups is 2. The first-order valence-electron chi connectivity index (χ1n) is 9.74. The van der Waals surface area contributed by atoms with Crippen molar-refractivity contribution < 1.29 is 111 Å². The number of alkyl halides is 21. The zero-order valence-corrected chi connectivity index (χ0v) is 19.7. The van der Waals surface area contributed by atoms with Gasteiger partial charge in [-0.05, 0) is 6.92 Å². The molecule has 0 aromatic heterocycles. The van der Waals surface area contributed by atoms with Crippen LogP contribution >= 0.6 is 0 Å². The van der Waals surface area contributed by atoms with E-state index in [1.807, 2.05) is 0 Å². The first kappa shape index (κ1) is 40.0. The van der Waals surface area contributed by atoms with Crippen molar-refractivity contribution in [1.29, 1.82) is 0 Å². The lowest BCUT2D eigenvalue weighted by Gasteiger charge is -2.44. The molecular formula is C17H10F21NO4. The highest BCUT2D eigenvalue weighted by Gasteiger charge is 2.98. The molecule has 0 fully saturated rings. The Bertz CT molecular complexity index is 1060. The van der Waals surface area contributed by atoms with Crippen molar-refractivity contribution in [2.45, 2.75) is 66.6 Å². The number of alkyl carbamates (subject to hydrolysis) is 1. The molecule has 0 aliphatic heterocycles. The number of carbonyl (C=O) groups excluding carboxylic acids is 2. The van der Waals surface area contributed by atoms with Gasteiger partial charge in [0.15, 0.2) is 0 Å². The fourth-order valence-electron chi connectivity index (χ4n) is 2.18. The Morgan fingerprint density at radius 2 is 0.860 bits per heavy atom. The van der Waals surface area contributed by atoms with Crippen LogP contribution in [0.15, 0.2) is 12.2 Å². The minimum Gasteiger partial charge on any atom is -0.460 e. The van der Waals surface area contributed by atoms with Gasteiger partial charge in [-0.2, -0.15) is 92.2 Å². The Labute approximate surface area is 221 Å². The van der Waals surface area contributed by atoms with Gasteiger partial charge in [-0.3, -0.25) is 0 Å². The van der Waals surface area contributed by atoms with Gasteiger partial charge in [0.05, 0.1) is 6.54 Å². The van der Waals surface area contributed by atoms with Gasteiger partial charge in [0.25, 0.3) is 0 Å². The minimum absolute atomic E-state index is 0.338. The monoisotopic (exact) mass is 691 g/mol. The van der Waals surface area contributed by atoms with Crippen molar-refractivity contribution in [2.24, 2.45) is 0 Å². The maximum absolute atomic E-state index is 13.7. The van der Waals surface area contributed by atoms with E-state index in [2.05, 4.69) is 16.1 Å². The van der Waals surface area contributed by atoms with E-state index >= 15 is 0 Å². The van der Waals surface area contributed by atoms with Gasteiger partial charge < -0.3 is 14.8 Å². The molecule has 43 heavy (non-hydrogen) atoms. The van der Waals surface area contributed by atoms with Crippen LogP contribution in [-0.4, -0.2) is 84.9 Å². The van der Waals surface area contributed by atoms with Gasteiger partial charge in [-0.25, -0.2) is 9.59 Å². The molecule has 0 radical (unpaired) electrons. The molecule has 1 amide bonds. The van der Waals surface area contributed by atoms with Gasteiger partial charge in [0.2, 0.25) is 0 Å². The maximum Gasteiger partial charge on any atom is 0.474 e. The molecular weight excluding hydrogens is 681 g/mol. The molecule has 0 heterocycles. The van der Waals surface area contributed by atoms with Crippen molar-refractivity contribution in [3.8, 4) is 0 Å². The van der Waals surface area contributed by atoms with Crippen LogP contribution in [0.2, 0.25) is 0 Å². The van der Waals surface area contributed by atoms with Crippen molar-refractivity contribution in [3.05, 3.63) is 12.2 Å². The molecule has 0 aromatic carbocycles. The predicted molar refractivity (Wildman–Crippen MR) is 90.8 cm³/mol. The third-order valence-electron chi connectivity index (χ3n) is 4.66. The quantitative estimate of drug-likeness (QED) is 0.0973. The van der Waals surface area contributed by atoms with Crippen LogP contribution in [0.5, 0.6) is 0 Å². The molecule has 1 N–H and O–H groups in total. The lowest BCUT2D eigenvalue weighted by Crippen LogP contribution is -2.77. The fourth-order valence-corrected chi connectivity index (χ4v) is 2.18. The van der Waals surface area contributed by atoms with Crippen molar-refractivity contribution in [3.63, 3.8) is 0 Å². The number of nitrogens with one attached hydrogen (secondary N) is 1. The number of rotatable bonds is 13. The number of hydrogen-bond donors (Lipinski definition) is 1. The maximum atomic E-state index is 13.7. The topological polar surface area (TPSA) is 64.6 Å². The lowest BCUT2D eigenvalue weighted by molar-refractivity contribution is -0.481. The SMILES string of the molecule is C=C(C)C(=O)OCCNC(=O)OC(F)(F)C(F)(F)C(F)(F)C(F)(F)C(F)(F)C(F)(F)C(F)(F)C(F)(F)C(F)(F)C(F)(F)F. The van der Waals surface area contributed by atoms with Crippen molar-refractivity contribution in [2.75, 3.05) is 13.2 Å². The molecule has 0 unspecified atom stereocenters. The summed E-state index contributed by atoms with van der Waals surface area (Å²) in [4.78, 5) is 22.1. The van der Waals surface area contributed by atoms with Gasteiger partial charge in [0, 0.05) is 5.57 Å². The van der Waals surface area contributed by atoms with Crippen LogP contribution in [0.4, 0.5) is 97.0 Å². The van der Waals surface area contributed by atoms with E-state index in [1.165, 1.54) is 0 Å². The second kappa shape index (κ2) is 11.2. The summed E-state index contributed by atoms with van der Waals surface area (Å²) in [5.41, 5.74) is -0.338. The Kier molecular flexibility index (Phi) is 10.4. The molecule has 0 atom stereocenters. The van der Waals surface area contributed by atoms with E-state index in [-0.39, 0.29) is 5.57 Å². The van der Waals surface area contributed by atoms with E-state index in [9.17, 15) is 102 Å². The van der Waals surface area contributed by atoms with Gasteiger partial charge >= 0.3 is 71.7 Å². The standard InChI is InChI=1S/C17H10F21NO4/c1-5(2)6(40)42-4-3-39-7(41)43-17(37,38)15(32,33)13(28,29)11(24,25)9(20,21)8(18,19)10(22,23)12(26,27)14(30,31)16(34,35)36/h1,3-4H2,2H3,(H,39,41). The van der Waals surface area contributed by atoms with Gasteiger partial charge in [-0.15, -0.1) is 0 Å². The second-order valence-corrected chi connectivity index (χ2v) is 7.84. The average Bonchev–Trinajstić information content (AvgIpc) is 2.79. The predicted octanol–water partition coefficient (Wildman–Crippen LogP) is 7.07. The smallest absolute Gasteiger partial charge is 0.460 e. The Morgan fingerprint density at radius 1 is 0.558 bits per heavy atom. The summed E-state index contributed by atoms with van der Waals surface area (Å²) in [6.45, 7) is 1.69. The van der Waals surface area contributed by atoms with Crippen LogP contribution in [0.1, 0.15) is 6.92 Å². The van der Waals surface area contributed by atoms with Crippen molar-refractivity contribution in [1.82, 2.24) is 5.32 Å². The summed E-state index contributed by atoms with van der Waals surface area (Å²) in [7, 11) is 0. The van der Waals surface area contributed by atoms with E-state index in [1.54, 1.807) is 0 Å². The fraction of sp³-hybridized carbons (Fsp3) is 0.765. The third-order valence-corrected chi connectivity index (χ3v) is 4.66. The molecule has 5 nitrogen and oxygen atoms in total. The van der Waals surface area contributed by atoms with Gasteiger partial charge in [-0.1, -0.05) is 6.58 Å². The molecule has 254 valence electrons. The third kappa shape index (κ3) is 6.05. The molecule has 0 spiro atoms. The van der Waals surface area contributed by atoms with E-state index in [0.29, 0.717) is 0 Å². The number of esters is 1. The van der Waals surface area contributed by atoms with E-state index < -0.39 is 84.9 Å². The normalized spacial score (nSPS) is 15.2. The number of ether oxygens (including phenoxy) is 2. The minimum atomic E-state index is -9.31. The van der Waals surface area contributed by atoms with Crippen molar-refractivity contribution >= 4 is 12.1 Å². The highest BCUT2D eigenvalue weighted by molar-refractivity contribution is 5.86. The van der Waals surface area contributed by atoms with E-state index in [4.69, 9.17) is 0 Å². The summed E-state index contributed by atoms with van der Waals surface area (Å²) in [6, 6.07) is 0. The van der Waals surface area contributed by atoms with Gasteiger partial charge in [0.1, 0.15) is 6.61 Å². The Hall–Kier alpha value is -2.99. The molecule has 26 heteroatoms. The van der Waals surface area contributed by atoms with Crippen LogP contribution in [0.25, 0.3) is 0 Å². The molecule has 0 rings (SSSR count). The largest absolute Gasteiger partial charge is 0.474 e. The first-order valence-corrected chi connectivity index (χ1v) is 9.74. The van der Waals surface area contributed by atoms with Crippen LogP contribution < -0.4 is 5.32 Å². The Morgan fingerprint density at radius 3 is 1.16 bits per heavy atom. The summed E-state index contributed by atoms with van der Waals surface area (Å²) < 4.78 is 285. The average molecular weight is 691 g/mol. The van der Waals surface area contributed by atoms with Crippen LogP contribution in [-0.2, 0) is 14.3 Å². The summed E-state index contributed by atoms with van der Waals surface area (Å²) in [6.07, 6.45) is -18.7. The molecule has 0 saturated carbocycles. The second-order valence-electron chi connectivity index (χ2n) is 7.84. The lowest BCUT2D eigenvalue weighted by atomic mass is 9.87. The molecule has 0 saturated heterocycles. The Balaban J connectivity index is 6.51. The summed E-state index contributed by atoms with van der Waals surface area (Å²) in [5, 5.41) is 0.885. The molecule has 0 aliphatic carbocycles. The number of halogens is 21. The molecule has 0 bridgehead atoms. The highest BCUT2D eigenvalue weighted by Crippen LogP contribution is 2.66. The summed E-state index contributed by atoms with van der Waals surface area (Å²) >= 11 is 0. The van der Waals surface area contributed by atoms with Crippen LogP contribution in [0, 0.1) is 0 Å². The van der Waals surface area contributed by atoms with Crippen LogP contribution in [0.3, 0.4) is 0 Å². The zero-order valence-electron chi connectivity index (χ0n) is 19.7. The molecule has 0 aliphatic rings. The molecule has 0 aromatic rings. The first-order chi connectivity index (χ1) is 18.5.